The SMILES string of the molecule is N=C(N)COc1ccccc1NS(=O)(=O)c1cnc[nH]1. The summed E-state index contributed by atoms with van der Waals surface area (Å²) in [4.78, 5) is 6.17. The summed E-state index contributed by atoms with van der Waals surface area (Å²) >= 11 is 0. The molecule has 2 aromatic rings. The zero-order valence-corrected chi connectivity index (χ0v) is 11.1. The number of amidine groups is 1. The van der Waals surface area contributed by atoms with E-state index in [4.69, 9.17) is 15.9 Å². The van der Waals surface area contributed by atoms with Crippen molar-refractivity contribution in [2.24, 2.45) is 5.73 Å². The standard InChI is InChI=1S/C11H13N5O3S/c12-10(13)6-19-9-4-2-1-3-8(9)16-20(17,18)11-5-14-7-15-11/h1-5,7,16H,6H2,(H3,12,13)(H,14,15). The number of hydrogen-bond donors (Lipinski definition) is 4. The number of ether oxygens (including phenoxy) is 1. The number of rotatable bonds is 6. The second-order valence-corrected chi connectivity index (χ2v) is 5.48. The Balaban J connectivity index is 2.23. The molecular formula is C11H13N5O3S. The molecule has 0 spiro atoms. The van der Waals surface area contributed by atoms with Crippen molar-refractivity contribution in [1.82, 2.24) is 9.97 Å². The second kappa shape index (κ2) is 5.61. The third-order valence-electron chi connectivity index (χ3n) is 2.28. The zero-order chi connectivity index (χ0) is 14.6. The molecule has 1 aromatic carbocycles. The lowest BCUT2D eigenvalue weighted by Crippen LogP contribution is -2.20. The first-order chi connectivity index (χ1) is 9.49. The predicted molar refractivity (Wildman–Crippen MR) is 73.2 cm³/mol. The van der Waals surface area contributed by atoms with Gasteiger partial charge in [-0.1, -0.05) is 12.1 Å². The summed E-state index contributed by atoms with van der Waals surface area (Å²) in [6.45, 7) is -0.122. The van der Waals surface area contributed by atoms with Gasteiger partial charge in [0, 0.05) is 0 Å². The van der Waals surface area contributed by atoms with Gasteiger partial charge >= 0.3 is 0 Å². The number of anilines is 1. The van der Waals surface area contributed by atoms with Crippen LogP contribution in [0.4, 0.5) is 5.69 Å². The summed E-state index contributed by atoms with van der Waals surface area (Å²) in [5.74, 6) is 0.127. The molecule has 1 heterocycles. The number of para-hydroxylation sites is 2. The highest BCUT2D eigenvalue weighted by molar-refractivity contribution is 7.92. The highest BCUT2D eigenvalue weighted by Gasteiger charge is 2.17. The Morgan fingerprint density at radius 2 is 2.20 bits per heavy atom. The van der Waals surface area contributed by atoms with Crippen LogP contribution in [0.5, 0.6) is 5.75 Å². The molecule has 0 radical (unpaired) electrons. The van der Waals surface area contributed by atoms with Crippen LogP contribution in [0.3, 0.4) is 0 Å². The van der Waals surface area contributed by atoms with Gasteiger partial charge in [-0.3, -0.25) is 10.1 Å². The fourth-order valence-corrected chi connectivity index (χ4v) is 2.40. The largest absolute Gasteiger partial charge is 0.484 e. The van der Waals surface area contributed by atoms with Crippen molar-refractivity contribution in [2.45, 2.75) is 5.03 Å². The summed E-state index contributed by atoms with van der Waals surface area (Å²) in [7, 11) is -3.76. The molecular weight excluding hydrogens is 282 g/mol. The number of sulfonamides is 1. The molecule has 0 amide bonds. The fraction of sp³-hybridized carbons (Fsp3) is 0.0909. The van der Waals surface area contributed by atoms with Gasteiger partial charge in [0.05, 0.1) is 18.2 Å². The van der Waals surface area contributed by atoms with Gasteiger partial charge in [0.15, 0.2) is 5.03 Å². The molecule has 0 unspecified atom stereocenters. The number of benzene rings is 1. The van der Waals surface area contributed by atoms with Gasteiger partial charge in [0.1, 0.15) is 18.2 Å². The Morgan fingerprint density at radius 1 is 1.45 bits per heavy atom. The number of hydrogen-bond acceptors (Lipinski definition) is 5. The van der Waals surface area contributed by atoms with Gasteiger partial charge in [-0.05, 0) is 12.1 Å². The van der Waals surface area contributed by atoms with Crippen LogP contribution in [0, 0.1) is 5.41 Å². The van der Waals surface area contributed by atoms with Crippen LogP contribution in [0.25, 0.3) is 0 Å². The maximum Gasteiger partial charge on any atom is 0.279 e. The van der Waals surface area contributed by atoms with Crippen LogP contribution in [0.2, 0.25) is 0 Å². The van der Waals surface area contributed by atoms with E-state index < -0.39 is 10.0 Å². The Labute approximate surface area is 115 Å². The Morgan fingerprint density at radius 3 is 2.85 bits per heavy atom. The maximum atomic E-state index is 12.0. The van der Waals surface area contributed by atoms with Crippen molar-refractivity contribution in [2.75, 3.05) is 11.3 Å². The minimum Gasteiger partial charge on any atom is -0.484 e. The van der Waals surface area contributed by atoms with Crippen molar-refractivity contribution in [1.29, 1.82) is 5.41 Å². The van der Waals surface area contributed by atoms with Crippen LogP contribution in [-0.4, -0.2) is 30.8 Å². The molecule has 0 aliphatic rings. The first-order valence-corrected chi connectivity index (χ1v) is 7.03. The molecule has 0 bridgehead atoms. The fourth-order valence-electron chi connectivity index (χ4n) is 1.42. The normalized spacial score (nSPS) is 11.0. The van der Waals surface area contributed by atoms with Crippen LogP contribution in [0.15, 0.2) is 41.8 Å². The van der Waals surface area contributed by atoms with E-state index in [-0.39, 0.29) is 28.9 Å². The lowest BCUT2D eigenvalue weighted by molar-refractivity contribution is 0.376. The maximum absolute atomic E-state index is 12.0. The van der Waals surface area contributed by atoms with E-state index in [1.54, 1.807) is 24.3 Å². The molecule has 0 aliphatic carbocycles. The number of aromatic nitrogens is 2. The third kappa shape index (κ3) is 3.26. The monoisotopic (exact) mass is 295 g/mol. The van der Waals surface area contributed by atoms with Crippen molar-refractivity contribution in [3.63, 3.8) is 0 Å². The number of H-pyrrole nitrogens is 1. The number of aromatic amines is 1. The Hall–Kier alpha value is -2.55. The number of nitrogens with one attached hydrogen (secondary N) is 3. The molecule has 2 rings (SSSR count). The first kappa shape index (κ1) is 13.9. The van der Waals surface area contributed by atoms with Crippen molar-refractivity contribution < 1.29 is 13.2 Å². The van der Waals surface area contributed by atoms with E-state index in [2.05, 4.69) is 14.7 Å². The van der Waals surface area contributed by atoms with Gasteiger partial charge in [0.2, 0.25) is 0 Å². The van der Waals surface area contributed by atoms with Crippen LogP contribution in [-0.2, 0) is 10.0 Å². The van der Waals surface area contributed by atoms with E-state index in [9.17, 15) is 8.42 Å². The molecule has 5 N–H and O–H groups in total. The molecule has 106 valence electrons. The number of imidazole rings is 1. The quantitative estimate of drug-likeness (QED) is 0.455. The van der Waals surface area contributed by atoms with Crippen molar-refractivity contribution in [3.8, 4) is 5.75 Å². The summed E-state index contributed by atoms with van der Waals surface area (Å²) < 4.78 is 31.7. The average molecular weight is 295 g/mol. The Bertz CT molecular complexity index is 697. The van der Waals surface area contributed by atoms with Crippen LogP contribution < -0.4 is 15.2 Å². The highest BCUT2D eigenvalue weighted by Crippen LogP contribution is 2.25. The van der Waals surface area contributed by atoms with Gasteiger partial charge in [-0.2, -0.15) is 8.42 Å². The Kier molecular flexibility index (Phi) is 3.89. The van der Waals surface area contributed by atoms with Crippen molar-refractivity contribution in [3.05, 3.63) is 36.8 Å². The van der Waals surface area contributed by atoms with Crippen LogP contribution >= 0.6 is 0 Å². The summed E-state index contributed by atoms with van der Waals surface area (Å²) in [6, 6.07) is 6.46. The topological polar surface area (TPSA) is 134 Å². The lowest BCUT2D eigenvalue weighted by atomic mass is 10.3. The smallest absolute Gasteiger partial charge is 0.279 e. The van der Waals surface area contributed by atoms with Gasteiger partial charge in [-0.15, -0.1) is 0 Å². The molecule has 8 nitrogen and oxygen atoms in total. The molecule has 9 heteroatoms. The van der Waals surface area contributed by atoms with E-state index in [1.165, 1.54) is 12.5 Å². The molecule has 0 saturated heterocycles. The third-order valence-corrected chi connectivity index (χ3v) is 3.57. The molecule has 0 atom stereocenters. The van der Waals surface area contributed by atoms with Crippen molar-refractivity contribution >= 4 is 21.5 Å². The summed E-state index contributed by atoms with van der Waals surface area (Å²) in [5, 5.41) is 7.05. The molecule has 1 aromatic heterocycles. The van der Waals surface area contributed by atoms with E-state index in [0.717, 1.165) is 0 Å². The molecule has 0 saturated carbocycles. The van der Waals surface area contributed by atoms with E-state index in [0.29, 0.717) is 0 Å². The van der Waals surface area contributed by atoms with Gasteiger partial charge < -0.3 is 15.5 Å². The highest BCUT2D eigenvalue weighted by atomic mass is 32.2. The summed E-state index contributed by atoms with van der Waals surface area (Å²) in [5.41, 5.74) is 5.45. The molecule has 0 fully saturated rings. The van der Waals surface area contributed by atoms with Gasteiger partial charge in [-0.25, -0.2) is 4.98 Å². The predicted octanol–water partition coefficient (Wildman–Crippen LogP) is 0.525. The minimum atomic E-state index is -3.76. The summed E-state index contributed by atoms with van der Waals surface area (Å²) in [6.07, 6.45) is 2.47. The lowest BCUT2D eigenvalue weighted by Gasteiger charge is -2.12. The van der Waals surface area contributed by atoms with E-state index in [1.807, 2.05) is 0 Å². The molecule has 0 aliphatic heterocycles. The van der Waals surface area contributed by atoms with Crippen LogP contribution in [0.1, 0.15) is 0 Å². The second-order valence-electron chi connectivity index (χ2n) is 3.83. The zero-order valence-electron chi connectivity index (χ0n) is 10.3. The first-order valence-electron chi connectivity index (χ1n) is 5.55. The van der Waals surface area contributed by atoms with E-state index >= 15 is 0 Å². The minimum absolute atomic E-state index is 0.0566. The van der Waals surface area contributed by atoms with Gasteiger partial charge in [0.25, 0.3) is 10.0 Å². The molecule has 20 heavy (non-hydrogen) atoms. The number of nitrogens with zero attached hydrogens (tertiary/aromatic N) is 1. The average Bonchev–Trinajstić information content (AvgIpc) is 2.92. The number of nitrogens with two attached hydrogens (primary N) is 1.